The van der Waals surface area contributed by atoms with Crippen LogP contribution in [0.1, 0.15) is 15.9 Å². The van der Waals surface area contributed by atoms with Gasteiger partial charge in [-0.05, 0) is 50.1 Å². The maximum Gasteiger partial charge on any atom is 0.271 e. The fourth-order valence-corrected chi connectivity index (χ4v) is 2.68. The zero-order chi connectivity index (χ0) is 15.4. The number of aromatic hydroxyl groups is 2. The van der Waals surface area contributed by atoms with Gasteiger partial charge in [-0.25, -0.2) is 5.43 Å². The third kappa shape index (κ3) is 3.62. The molecule has 0 unspecified atom stereocenters. The molecule has 0 aromatic heterocycles. The minimum absolute atomic E-state index is 0.113. The second-order valence-electron chi connectivity index (χ2n) is 4.02. The van der Waals surface area contributed by atoms with Crippen molar-refractivity contribution in [3.05, 3.63) is 56.5 Å². The third-order valence-corrected chi connectivity index (χ3v) is 3.96. The summed E-state index contributed by atoms with van der Waals surface area (Å²) in [5.41, 5.74) is 3.17. The zero-order valence-electron chi connectivity index (χ0n) is 10.5. The number of nitrogens with one attached hydrogen (secondary N) is 1. The van der Waals surface area contributed by atoms with Crippen LogP contribution in [0.25, 0.3) is 0 Å². The van der Waals surface area contributed by atoms with Crippen LogP contribution in [0.5, 0.6) is 11.5 Å². The van der Waals surface area contributed by atoms with Crippen molar-refractivity contribution < 1.29 is 15.0 Å². The van der Waals surface area contributed by atoms with Crippen LogP contribution in [0, 0.1) is 0 Å². The molecule has 0 bridgehead atoms. The number of rotatable bonds is 3. The van der Waals surface area contributed by atoms with E-state index in [0.717, 1.165) is 0 Å². The smallest absolute Gasteiger partial charge is 0.271 e. The van der Waals surface area contributed by atoms with Gasteiger partial charge < -0.3 is 10.2 Å². The molecule has 0 atom stereocenters. The van der Waals surface area contributed by atoms with Gasteiger partial charge in [-0.2, -0.15) is 5.10 Å². The summed E-state index contributed by atoms with van der Waals surface area (Å²) in [4.78, 5) is 11.8. The summed E-state index contributed by atoms with van der Waals surface area (Å²) in [6.45, 7) is 0. The molecule has 108 valence electrons. The number of hydrazone groups is 1. The van der Waals surface area contributed by atoms with Gasteiger partial charge in [0.1, 0.15) is 16.0 Å². The van der Waals surface area contributed by atoms with E-state index in [2.05, 4.69) is 42.4 Å². The molecule has 7 heteroatoms. The molecule has 1 amide bonds. The first-order chi connectivity index (χ1) is 10.0. The highest BCUT2D eigenvalue weighted by molar-refractivity contribution is 9.11. The first-order valence-corrected chi connectivity index (χ1v) is 7.37. The molecule has 2 rings (SSSR count). The molecule has 0 fully saturated rings. The van der Waals surface area contributed by atoms with Gasteiger partial charge in [-0.3, -0.25) is 4.79 Å². The van der Waals surface area contributed by atoms with Crippen LogP contribution in [-0.2, 0) is 0 Å². The number of nitrogens with zero attached hydrogens (tertiary/aromatic N) is 1. The summed E-state index contributed by atoms with van der Waals surface area (Å²) in [7, 11) is 0. The topological polar surface area (TPSA) is 81.9 Å². The van der Waals surface area contributed by atoms with Crippen LogP contribution in [0.3, 0.4) is 0 Å². The van der Waals surface area contributed by atoms with E-state index in [9.17, 15) is 15.0 Å². The molecule has 2 aromatic rings. The first-order valence-electron chi connectivity index (χ1n) is 5.79. The van der Waals surface area contributed by atoms with E-state index in [1.165, 1.54) is 12.3 Å². The van der Waals surface area contributed by atoms with E-state index >= 15 is 0 Å². The SMILES string of the molecule is O=C(NN=Cc1cc(Br)c(O)c(Br)c1O)c1ccccc1. The van der Waals surface area contributed by atoms with E-state index in [4.69, 9.17) is 0 Å². The predicted octanol–water partition coefficient (Wildman–Crippen LogP) is 3.39. The van der Waals surface area contributed by atoms with Gasteiger partial charge in [0.15, 0.2) is 0 Å². The Morgan fingerprint density at radius 1 is 1.14 bits per heavy atom. The molecule has 0 saturated heterocycles. The second kappa shape index (κ2) is 6.73. The lowest BCUT2D eigenvalue weighted by molar-refractivity contribution is 0.0955. The Morgan fingerprint density at radius 3 is 2.48 bits per heavy atom. The lowest BCUT2D eigenvalue weighted by Gasteiger charge is -2.06. The van der Waals surface area contributed by atoms with Crippen LogP contribution in [0.15, 0.2) is 50.4 Å². The second-order valence-corrected chi connectivity index (χ2v) is 5.67. The van der Waals surface area contributed by atoms with Crippen molar-refractivity contribution >= 4 is 44.0 Å². The highest BCUT2D eigenvalue weighted by Crippen LogP contribution is 2.40. The van der Waals surface area contributed by atoms with E-state index in [1.807, 2.05) is 6.07 Å². The number of halogens is 2. The number of benzene rings is 2. The molecule has 0 aliphatic heterocycles. The Labute approximate surface area is 137 Å². The van der Waals surface area contributed by atoms with Crippen molar-refractivity contribution in [2.75, 3.05) is 0 Å². The zero-order valence-corrected chi connectivity index (χ0v) is 13.7. The van der Waals surface area contributed by atoms with Crippen molar-refractivity contribution in [3.63, 3.8) is 0 Å². The van der Waals surface area contributed by atoms with Crippen molar-refractivity contribution in [1.82, 2.24) is 5.43 Å². The number of carbonyl (C=O) groups excluding carboxylic acids is 1. The summed E-state index contributed by atoms with van der Waals surface area (Å²) in [5, 5.41) is 23.2. The fraction of sp³-hybridized carbons (Fsp3) is 0. The van der Waals surface area contributed by atoms with E-state index < -0.39 is 0 Å². The molecule has 0 aliphatic carbocycles. The van der Waals surface area contributed by atoms with Crippen LogP contribution in [0.2, 0.25) is 0 Å². The highest BCUT2D eigenvalue weighted by Gasteiger charge is 2.12. The van der Waals surface area contributed by atoms with Crippen LogP contribution < -0.4 is 5.43 Å². The number of carbonyl (C=O) groups is 1. The summed E-state index contributed by atoms with van der Waals surface area (Å²) in [6, 6.07) is 10.1. The number of phenolic OH excluding ortho intramolecular Hbond substituents is 2. The molecular formula is C14H10Br2N2O3. The summed E-state index contributed by atoms with van der Waals surface area (Å²) >= 11 is 6.21. The summed E-state index contributed by atoms with van der Waals surface area (Å²) in [5.74, 6) is -0.644. The Hall–Kier alpha value is -1.86. The number of amides is 1. The Bertz CT molecular complexity index is 703. The number of hydrogen-bond donors (Lipinski definition) is 3. The van der Waals surface area contributed by atoms with Gasteiger partial charge in [-0.1, -0.05) is 18.2 Å². The van der Waals surface area contributed by atoms with Gasteiger partial charge in [0.2, 0.25) is 0 Å². The standard InChI is InChI=1S/C14H10Br2N2O3/c15-10-6-9(12(19)11(16)13(10)20)7-17-18-14(21)8-4-2-1-3-5-8/h1-7,19-20H,(H,18,21). The quantitative estimate of drug-likeness (QED) is 0.532. The highest BCUT2D eigenvalue weighted by atomic mass is 79.9. The lowest BCUT2D eigenvalue weighted by Crippen LogP contribution is -2.17. The van der Waals surface area contributed by atoms with Crippen molar-refractivity contribution in [2.24, 2.45) is 5.10 Å². The Kier molecular flexibility index (Phi) is 4.98. The van der Waals surface area contributed by atoms with Crippen LogP contribution in [-0.4, -0.2) is 22.3 Å². The van der Waals surface area contributed by atoms with E-state index in [-0.39, 0.29) is 21.9 Å². The van der Waals surface area contributed by atoms with Gasteiger partial charge in [0, 0.05) is 11.1 Å². The van der Waals surface area contributed by atoms with Gasteiger partial charge in [0.25, 0.3) is 5.91 Å². The molecule has 3 N–H and O–H groups in total. The van der Waals surface area contributed by atoms with E-state index in [0.29, 0.717) is 15.6 Å². The lowest BCUT2D eigenvalue weighted by atomic mass is 10.2. The molecule has 0 spiro atoms. The molecule has 21 heavy (non-hydrogen) atoms. The minimum atomic E-state index is -0.358. The largest absolute Gasteiger partial charge is 0.506 e. The maximum atomic E-state index is 11.8. The Balaban J connectivity index is 2.14. The predicted molar refractivity (Wildman–Crippen MR) is 86.7 cm³/mol. The molecule has 0 heterocycles. The fourth-order valence-electron chi connectivity index (χ4n) is 1.53. The van der Waals surface area contributed by atoms with Gasteiger partial charge in [0.05, 0.1) is 10.7 Å². The average Bonchev–Trinajstić information content (AvgIpc) is 2.51. The number of hydrogen-bond acceptors (Lipinski definition) is 4. The van der Waals surface area contributed by atoms with E-state index in [1.54, 1.807) is 24.3 Å². The average molecular weight is 414 g/mol. The maximum absolute atomic E-state index is 11.8. The molecule has 0 saturated carbocycles. The van der Waals surface area contributed by atoms with Crippen LogP contribution in [0.4, 0.5) is 0 Å². The normalized spacial score (nSPS) is 10.8. The summed E-state index contributed by atoms with van der Waals surface area (Å²) < 4.78 is 0.538. The van der Waals surface area contributed by atoms with Gasteiger partial charge >= 0.3 is 0 Å². The third-order valence-electron chi connectivity index (χ3n) is 2.60. The summed E-state index contributed by atoms with van der Waals surface area (Å²) in [6.07, 6.45) is 1.28. The van der Waals surface area contributed by atoms with Gasteiger partial charge in [-0.15, -0.1) is 0 Å². The molecule has 0 radical (unpaired) electrons. The molecule has 2 aromatic carbocycles. The first kappa shape index (κ1) is 15.5. The van der Waals surface area contributed by atoms with Crippen molar-refractivity contribution in [1.29, 1.82) is 0 Å². The van der Waals surface area contributed by atoms with Crippen molar-refractivity contribution in [3.8, 4) is 11.5 Å². The Morgan fingerprint density at radius 2 is 1.81 bits per heavy atom. The monoisotopic (exact) mass is 412 g/mol. The van der Waals surface area contributed by atoms with Crippen LogP contribution >= 0.6 is 31.9 Å². The molecular weight excluding hydrogens is 404 g/mol. The van der Waals surface area contributed by atoms with Crippen molar-refractivity contribution in [2.45, 2.75) is 0 Å². The molecule has 0 aliphatic rings. The minimum Gasteiger partial charge on any atom is -0.506 e. The number of phenols is 2. The molecule has 5 nitrogen and oxygen atoms in total.